The number of rotatable bonds is 5. The number of carbonyl (C=O) groups excluding carboxylic acids is 1. The van der Waals surface area contributed by atoms with Gasteiger partial charge in [-0.1, -0.05) is 50.6 Å². The average Bonchev–Trinajstić information content (AvgIpc) is 2.50. The van der Waals surface area contributed by atoms with E-state index in [1.165, 1.54) is 5.56 Å². The van der Waals surface area contributed by atoms with E-state index in [0.717, 1.165) is 16.9 Å². The highest BCUT2D eigenvalue weighted by Gasteiger charge is 2.13. The molecule has 2 aromatic rings. The van der Waals surface area contributed by atoms with Crippen LogP contribution in [0.25, 0.3) is 0 Å². The molecule has 0 spiro atoms. The number of hydrogen-bond acceptors (Lipinski definition) is 2. The van der Waals surface area contributed by atoms with Crippen LogP contribution in [0.1, 0.15) is 43.9 Å². The molecule has 0 atom stereocenters. The lowest BCUT2D eigenvalue weighted by Crippen LogP contribution is -2.16. The Morgan fingerprint density at radius 1 is 1.12 bits per heavy atom. The van der Waals surface area contributed by atoms with Crippen LogP contribution < -0.4 is 10.1 Å². The maximum Gasteiger partial charge on any atom is 0.227 e. The molecule has 1 N–H and O–H groups in total. The molecule has 0 aliphatic heterocycles. The fraction of sp³-hybridized carbons (Fsp3) is 0.381. The van der Waals surface area contributed by atoms with Crippen LogP contribution >= 0.6 is 11.6 Å². The van der Waals surface area contributed by atoms with Gasteiger partial charge in [-0.05, 0) is 54.2 Å². The molecule has 0 fully saturated rings. The fourth-order valence-corrected chi connectivity index (χ4v) is 2.96. The summed E-state index contributed by atoms with van der Waals surface area (Å²) in [6.45, 7) is 10.7. The zero-order chi connectivity index (χ0) is 18.6. The van der Waals surface area contributed by atoms with Crippen molar-refractivity contribution in [2.24, 2.45) is 0 Å². The van der Waals surface area contributed by atoms with Gasteiger partial charge < -0.3 is 10.1 Å². The third kappa shape index (κ3) is 5.50. The van der Waals surface area contributed by atoms with Crippen molar-refractivity contribution in [3.05, 3.63) is 58.1 Å². The molecule has 0 saturated carbocycles. The lowest BCUT2D eigenvalue weighted by atomic mass is 9.87. The molecule has 3 nitrogen and oxygen atoms in total. The van der Waals surface area contributed by atoms with Crippen molar-refractivity contribution in [3.63, 3.8) is 0 Å². The summed E-state index contributed by atoms with van der Waals surface area (Å²) in [7, 11) is 0. The Morgan fingerprint density at radius 2 is 1.76 bits per heavy atom. The first-order valence-electron chi connectivity index (χ1n) is 8.47. The lowest BCUT2D eigenvalue weighted by Gasteiger charge is -2.19. The van der Waals surface area contributed by atoms with Gasteiger partial charge in [0.25, 0.3) is 0 Å². The minimum atomic E-state index is -0.111. The largest absolute Gasteiger partial charge is 0.493 e. The average molecular weight is 360 g/mol. The van der Waals surface area contributed by atoms with Gasteiger partial charge in [-0.2, -0.15) is 0 Å². The van der Waals surface area contributed by atoms with Crippen LogP contribution in [0.2, 0.25) is 5.02 Å². The number of amides is 1. The van der Waals surface area contributed by atoms with Crippen LogP contribution in [0.5, 0.6) is 5.75 Å². The van der Waals surface area contributed by atoms with Crippen LogP contribution in [-0.4, -0.2) is 12.5 Å². The van der Waals surface area contributed by atoms with Gasteiger partial charge in [0.05, 0.1) is 23.7 Å². The summed E-state index contributed by atoms with van der Waals surface area (Å²) >= 11 is 6.21. The van der Waals surface area contributed by atoms with Crippen molar-refractivity contribution in [1.82, 2.24) is 0 Å². The van der Waals surface area contributed by atoms with Crippen molar-refractivity contribution in [2.75, 3.05) is 11.9 Å². The molecule has 0 unspecified atom stereocenters. The Hall–Kier alpha value is -2.00. The van der Waals surface area contributed by atoms with E-state index in [4.69, 9.17) is 16.3 Å². The maximum absolute atomic E-state index is 12.1. The molecule has 1 amide bonds. The van der Waals surface area contributed by atoms with E-state index >= 15 is 0 Å². The Kier molecular flexibility index (Phi) is 6.12. The second kappa shape index (κ2) is 7.92. The molecule has 25 heavy (non-hydrogen) atoms. The molecule has 4 heteroatoms. The number of anilines is 1. The third-order valence-electron chi connectivity index (χ3n) is 4.01. The lowest BCUT2D eigenvalue weighted by molar-refractivity contribution is -0.116. The first-order chi connectivity index (χ1) is 11.7. The van der Waals surface area contributed by atoms with E-state index in [2.05, 4.69) is 38.2 Å². The predicted molar refractivity (Wildman–Crippen MR) is 105 cm³/mol. The second-order valence-electron chi connectivity index (χ2n) is 7.36. The van der Waals surface area contributed by atoms with Gasteiger partial charge in [-0.15, -0.1) is 0 Å². The summed E-state index contributed by atoms with van der Waals surface area (Å²) in [6.07, 6.45) is 0.269. The molecule has 2 rings (SSSR count). The van der Waals surface area contributed by atoms with E-state index in [-0.39, 0.29) is 17.7 Å². The van der Waals surface area contributed by atoms with Gasteiger partial charge in [-0.3, -0.25) is 4.79 Å². The van der Waals surface area contributed by atoms with Crippen molar-refractivity contribution < 1.29 is 9.53 Å². The van der Waals surface area contributed by atoms with Gasteiger partial charge in [0.1, 0.15) is 5.75 Å². The monoisotopic (exact) mass is 359 g/mol. The van der Waals surface area contributed by atoms with E-state index in [0.29, 0.717) is 17.3 Å². The number of carbonyl (C=O) groups is 1. The highest BCUT2D eigenvalue weighted by molar-refractivity contribution is 6.34. The molecule has 0 aliphatic rings. The molecule has 134 valence electrons. The number of hydrogen-bond donors (Lipinski definition) is 1. The molecule has 0 heterocycles. The Bertz CT molecular complexity index is 722. The van der Waals surface area contributed by atoms with Gasteiger partial charge in [0.2, 0.25) is 5.91 Å². The number of nitrogens with one attached hydrogen (secondary N) is 1. The van der Waals surface area contributed by atoms with E-state index in [1.54, 1.807) is 0 Å². The van der Waals surface area contributed by atoms with E-state index in [1.807, 2.05) is 38.1 Å². The molecule has 0 aromatic heterocycles. The molecular weight excluding hydrogens is 334 g/mol. The zero-order valence-corrected chi connectivity index (χ0v) is 16.3. The quantitative estimate of drug-likeness (QED) is 0.747. The predicted octanol–water partition coefficient (Wildman–Crippen LogP) is 5.66. The molecule has 0 radical (unpaired) electrons. The van der Waals surface area contributed by atoms with Crippen molar-refractivity contribution in [1.29, 1.82) is 0 Å². The maximum atomic E-state index is 12.1. The van der Waals surface area contributed by atoms with Crippen LogP contribution in [0.15, 0.2) is 36.4 Å². The fourth-order valence-electron chi connectivity index (χ4n) is 2.59. The summed E-state index contributed by atoms with van der Waals surface area (Å²) in [4.78, 5) is 12.1. The number of benzene rings is 2. The summed E-state index contributed by atoms with van der Waals surface area (Å²) in [5.41, 5.74) is 4.07. The minimum absolute atomic E-state index is 0.111. The zero-order valence-electron chi connectivity index (χ0n) is 15.6. The number of halogens is 1. The first kappa shape index (κ1) is 19.3. The van der Waals surface area contributed by atoms with Crippen molar-refractivity contribution in [2.45, 2.75) is 46.5 Å². The summed E-state index contributed by atoms with van der Waals surface area (Å²) < 4.78 is 5.67. The first-order valence-corrected chi connectivity index (χ1v) is 8.84. The topological polar surface area (TPSA) is 38.3 Å². The normalized spacial score (nSPS) is 11.3. The molecule has 2 aromatic carbocycles. The van der Waals surface area contributed by atoms with Gasteiger partial charge in [0, 0.05) is 0 Å². The van der Waals surface area contributed by atoms with Crippen LogP contribution in [-0.2, 0) is 10.2 Å². The Balaban J connectivity index is 1.87. The van der Waals surface area contributed by atoms with Crippen LogP contribution in [0.3, 0.4) is 0 Å². The molecule has 0 aliphatic carbocycles. The number of aryl methyl sites for hydroxylation is 2. The Morgan fingerprint density at radius 3 is 2.32 bits per heavy atom. The molecular formula is C21H26ClNO2. The molecule has 0 bridgehead atoms. The highest BCUT2D eigenvalue weighted by atomic mass is 35.5. The smallest absolute Gasteiger partial charge is 0.227 e. The van der Waals surface area contributed by atoms with Crippen LogP contribution in [0, 0.1) is 13.8 Å². The number of ether oxygens (including phenoxy) is 1. The van der Waals surface area contributed by atoms with Crippen molar-refractivity contribution >= 4 is 23.2 Å². The van der Waals surface area contributed by atoms with Crippen molar-refractivity contribution in [3.8, 4) is 5.75 Å². The SMILES string of the molecule is Cc1cc(C)c(NC(=O)CCOc2ccc(C(C)(C)C)cc2)c(Cl)c1. The van der Waals surface area contributed by atoms with E-state index in [9.17, 15) is 4.79 Å². The standard InChI is InChI=1S/C21H26ClNO2/c1-14-12-15(2)20(18(22)13-14)23-19(24)10-11-25-17-8-6-16(7-9-17)21(3,4)5/h6-9,12-13H,10-11H2,1-5H3,(H,23,24). The van der Waals surface area contributed by atoms with Gasteiger partial charge in [0.15, 0.2) is 0 Å². The summed E-state index contributed by atoms with van der Waals surface area (Å²) in [5.74, 6) is 0.658. The highest BCUT2D eigenvalue weighted by Crippen LogP contribution is 2.27. The third-order valence-corrected chi connectivity index (χ3v) is 4.31. The summed E-state index contributed by atoms with van der Waals surface area (Å²) in [6, 6.07) is 11.8. The van der Waals surface area contributed by atoms with Gasteiger partial charge >= 0.3 is 0 Å². The van der Waals surface area contributed by atoms with Gasteiger partial charge in [-0.25, -0.2) is 0 Å². The van der Waals surface area contributed by atoms with Crippen LogP contribution in [0.4, 0.5) is 5.69 Å². The Labute approximate surface area is 155 Å². The minimum Gasteiger partial charge on any atom is -0.493 e. The second-order valence-corrected chi connectivity index (χ2v) is 7.77. The van der Waals surface area contributed by atoms with E-state index < -0.39 is 0 Å². The molecule has 0 saturated heterocycles. The summed E-state index contributed by atoms with van der Waals surface area (Å²) in [5, 5.41) is 3.43.